The molecule has 0 spiro atoms. The fourth-order valence-corrected chi connectivity index (χ4v) is 5.55. The van der Waals surface area contributed by atoms with Crippen LogP contribution in [0.15, 0.2) is 23.3 Å². The SMILES string of the molecule is C[C]1([Ti]([CH3])([CH3])[CH3])C=CC2=C1CCCC2. The van der Waals surface area contributed by atoms with Gasteiger partial charge >= 0.3 is 91.9 Å². The van der Waals surface area contributed by atoms with Crippen LogP contribution in [0.4, 0.5) is 0 Å². The van der Waals surface area contributed by atoms with Crippen LogP contribution in [-0.2, 0) is 16.6 Å². The van der Waals surface area contributed by atoms with Crippen molar-refractivity contribution in [2.75, 3.05) is 0 Å². The minimum atomic E-state index is -1.61. The van der Waals surface area contributed by atoms with E-state index in [0.29, 0.717) is 3.72 Å². The molecular weight excluding hydrogens is 204 g/mol. The third kappa shape index (κ3) is 1.47. The summed E-state index contributed by atoms with van der Waals surface area (Å²) in [5, 5.41) is 7.65. The van der Waals surface area contributed by atoms with Crippen molar-refractivity contribution < 1.29 is 16.6 Å². The molecule has 0 bridgehead atoms. The predicted octanol–water partition coefficient (Wildman–Crippen LogP) is 4.90. The number of rotatable bonds is 1. The quantitative estimate of drug-likeness (QED) is 0.557. The maximum atomic E-state index is 2.55. The van der Waals surface area contributed by atoms with Gasteiger partial charge in [-0.1, -0.05) is 0 Å². The molecule has 0 aliphatic heterocycles. The Morgan fingerprint density at radius 3 is 2.43 bits per heavy atom. The van der Waals surface area contributed by atoms with Gasteiger partial charge in [0.05, 0.1) is 0 Å². The third-order valence-corrected chi connectivity index (χ3v) is 9.91. The minimum absolute atomic E-state index is 0.510. The van der Waals surface area contributed by atoms with E-state index >= 15 is 0 Å². The van der Waals surface area contributed by atoms with Crippen LogP contribution in [0, 0.1) is 0 Å². The first kappa shape index (κ1) is 10.7. The molecule has 0 aromatic heterocycles. The van der Waals surface area contributed by atoms with E-state index in [4.69, 9.17) is 0 Å². The summed E-state index contributed by atoms with van der Waals surface area (Å²) in [7, 11) is 0. The molecule has 0 aromatic carbocycles. The summed E-state index contributed by atoms with van der Waals surface area (Å²) < 4.78 is 0.510. The standard InChI is InChI=1S/C10H13.3CH3.Ti/c1-8-6-7-9-4-2-3-5-10(8)9;;;;/h6-7H,2-5H2,1H3;3*1H3;. The van der Waals surface area contributed by atoms with Crippen molar-refractivity contribution in [3.05, 3.63) is 23.3 Å². The van der Waals surface area contributed by atoms with Gasteiger partial charge in [-0.2, -0.15) is 0 Å². The monoisotopic (exact) mass is 226 g/mol. The van der Waals surface area contributed by atoms with Crippen LogP contribution in [0.1, 0.15) is 32.6 Å². The van der Waals surface area contributed by atoms with E-state index in [1.165, 1.54) is 25.7 Å². The molecule has 2 aliphatic carbocycles. The Bertz CT molecular complexity index is 304. The van der Waals surface area contributed by atoms with Crippen LogP contribution in [0.5, 0.6) is 0 Å². The fraction of sp³-hybridized carbons (Fsp3) is 0.692. The summed E-state index contributed by atoms with van der Waals surface area (Å²) in [6.07, 6.45) is 10.5. The fourth-order valence-electron chi connectivity index (χ4n) is 2.78. The Kier molecular flexibility index (Phi) is 2.56. The van der Waals surface area contributed by atoms with E-state index < -0.39 is 16.6 Å². The van der Waals surface area contributed by atoms with E-state index in [2.05, 4.69) is 34.8 Å². The predicted molar refractivity (Wildman–Crippen MR) is 60.6 cm³/mol. The average molecular weight is 226 g/mol. The first-order valence-electron chi connectivity index (χ1n) is 5.87. The molecule has 2 rings (SSSR count). The molecule has 2 aliphatic rings. The maximum absolute atomic E-state index is 2.55. The number of allylic oxidation sites excluding steroid dienone is 4. The normalized spacial score (nSPS) is 32.3. The van der Waals surface area contributed by atoms with Crippen LogP contribution in [0.3, 0.4) is 0 Å². The first-order chi connectivity index (χ1) is 6.45. The van der Waals surface area contributed by atoms with Gasteiger partial charge in [-0.3, -0.25) is 0 Å². The van der Waals surface area contributed by atoms with E-state index in [1.807, 2.05) is 5.57 Å². The summed E-state index contributed by atoms with van der Waals surface area (Å²) in [5.41, 5.74) is 3.51. The molecule has 1 atom stereocenters. The molecule has 0 aromatic rings. The molecule has 0 saturated heterocycles. The van der Waals surface area contributed by atoms with Gasteiger partial charge in [0.2, 0.25) is 0 Å². The first-order valence-corrected chi connectivity index (χ1v) is 11.3. The molecule has 0 nitrogen and oxygen atoms in total. The van der Waals surface area contributed by atoms with Crippen LogP contribution >= 0.6 is 0 Å². The number of hydrogen-bond donors (Lipinski definition) is 0. The Hall–Kier alpha value is 0.194. The van der Waals surface area contributed by atoms with Gasteiger partial charge in [0.25, 0.3) is 0 Å². The Morgan fingerprint density at radius 1 is 1.14 bits per heavy atom. The molecule has 1 heteroatoms. The van der Waals surface area contributed by atoms with Crippen molar-refractivity contribution in [1.29, 1.82) is 0 Å². The molecule has 0 amide bonds. The molecule has 0 fully saturated rings. The molecule has 1 unspecified atom stereocenters. The van der Waals surface area contributed by atoms with Gasteiger partial charge in [0, 0.05) is 0 Å². The third-order valence-electron chi connectivity index (χ3n) is 4.31. The molecule has 0 saturated carbocycles. The zero-order chi connectivity index (χ0) is 10.4. The molecule has 0 N–H and O–H groups in total. The van der Waals surface area contributed by atoms with E-state index in [0.717, 1.165) is 0 Å². The van der Waals surface area contributed by atoms with Crippen LogP contribution in [0.2, 0.25) is 19.4 Å². The molecule has 0 heterocycles. The molecule has 14 heavy (non-hydrogen) atoms. The summed E-state index contributed by atoms with van der Waals surface area (Å²) in [6.45, 7) is 2.50. The molecule has 0 radical (unpaired) electrons. The number of hydrogen-bond acceptors (Lipinski definition) is 0. The van der Waals surface area contributed by atoms with E-state index in [1.54, 1.807) is 5.57 Å². The van der Waals surface area contributed by atoms with Gasteiger partial charge in [-0.05, 0) is 0 Å². The topological polar surface area (TPSA) is 0 Å². The Balaban J connectivity index is 2.40. The summed E-state index contributed by atoms with van der Waals surface area (Å²) in [6, 6.07) is 0. The van der Waals surface area contributed by atoms with Crippen molar-refractivity contribution in [1.82, 2.24) is 0 Å². The van der Waals surface area contributed by atoms with Crippen molar-refractivity contribution in [2.24, 2.45) is 0 Å². The molecular formula is C13H22Ti. The second-order valence-electron chi connectivity index (χ2n) is 6.00. The summed E-state index contributed by atoms with van der Waals surface area (Å²) in [4.78, 5) is 0. The van der Waals surface area contributed by atoms with Gasteiger partial charge in [0.1, 0.15) is 0 Å². The van der Waals surface area contributed by atoms with Gasteiger partial charge < -0.3 is 0 Å². The van der Waals surface area contributed by atoms with Crippen LogP contribution < -0.4 is 0 Å². The van der Waals surface area contributed by atoms with Crippen molar-refractivity contribution in [3.63, 3.8) is 0 Å². The van der Waals surface area contributed by atoms with Gasteiger partial charge in [0.15, 0.2) is 0 Å². The van der Waals surface area contributed by atoms with Crippen LogP contribution in [0.25, 0.3) is 0 Å². The summed E-state index contributed by atoms with van der Waals surface area (Å²) >= 11 is -1.61. The zero-order valence-corrected chi connectivity index (χ0v) is 11.5. The van der Waals surface area contributed by atoms with E-state index in [9.17, 15) is 0 Å². The van der Waals surface area contributed by atoms with Gasteiger partial charge in [-0.25, -0.2) is 0 Å². The van der Waals surface area contributed by atoms with Crippen molar-refractivity contribution in [3.8, 4) is 0 Å². The summed E-state index contributed by atoms with van der Waals surface area (Å²) in [5.74, 6) is 0. The van der Waals surface area contributed by atoms with Gasteiger partial charge in [-0.15, -0.1) is 0 Å². The Morgan fingerprint density at radius 2 is 1.79 bits per heavy atom. The average Bonchev–Trinajstić information content (AvgIpc) is 2.45. The van der Waals surface area contributed by atoms with Crippen molar-refractivity contribution in [2.45, 2.75) is 52.0 Å². The van der Waals surface area contributed by atoms with E-state index in [-0.39, 0.29) is 0 Å². The zero-order valence-electron chi connectivity index (χ0n) is 9.98. The van der Waals surface area contributed by atoms with Crippen molar-refractivity contribution >= 4 is 0 Å². The second kappa shape index (κ2) is 3.35. The molecule has 78 valence electrons. The second-order valence-corrected chi connectivity index (χ2v) is 14.6. The Labute approximate surface area is 91.8 Å². The van der Waals surface area contributed by atoms with Crippen LogP contribution in [-0.4, -0.2) is 0 Å².